The lowest BCUT2D eigenvalue weighted by Crippen LogP contribution is -2.18. The number of aromatic carboxylic acids is 1. The fourth-order valence-corrected chi connectivity index (χ4v) is 3.61. The lowest BCUT2D eigenvalue weighted by atomic mass is 10.2. The smallest absolute Gasteiger partial charge is 0.335 e. The van der Waals surface area contributed by atoms with E-state index in [1.165, 1.54) is 36.7 Å². The summed E-state index contributed by atoms with van der Waals surface area (Å²) in [5.41, 5.74) is 7.14. The highest BCUT2D eigenvalue weighted by Crippen LogP contribution is 2.24. The van der Waals surface area contributed by atoms with Crippen LogP contribution < -0.4 is 20.5 Å². The minimum atomic E-state index is -1.11. The average molecular weight is 669 g/mol. The molecule has 260 valence electrons. The zero-order valence-corrected chi connectivity index (χ0v) is 27.0. The maximum atomic E-state index is 12.2. The number of nitrogens with one attached hydrogen (secondary N) is 1. The Kier molecular flexibility index (Phi) is 17.3. The second-order valence-corrected chi connectivity index (χ2v) is 10.1. The first-order valence-corrected chi connectivity index (χ1v) is 14.2. The number of benzene rings is 2. The Balaban J connectivity index is 0.000000398. The van der Waals surface area contributed by atoms with Gasteiger partial charge in [-0.15, -0.1) is 0 Å². The van der Waals surface area contributed by atoms with E-state index in [4.69, 9.17) is 29.8 Å². The number of phenolic OH excluding ortho intramolecular Hbond substituents is 2. The van der Waals surface area contributed by atoms with Gasteiger partial charge in [0.05, 0.1) is 55.0 Å². The number of aryl methyl sites for hydroxylation is 2. The van der Waals surface area contributed by atoms with E-state index in [0.29, 0.717) is 36.3 Å². The van der Waals surface area contributed by atoms with Crippen LogP contribution in [-0.2, 0) is 9.47 Å². The summed E-state index contributed by atoms with van der Waals surface area (Å²) in [5, 5.41) is 30.5. The molecule has 48 heavy (non-hydrogen) atoms. The number of carboxylic acids is 1. The Hall–Kier alpha value is -5.54. The monoisotopic (exact) mass is 668 g/mol. The van der Waals surface area contributed by atoms with Crippen LogP contribution in [0.2, 0.25) is 0 Å². The molecule has 2 aromatic heterocycles. The topological polar surface area (TPSA) is 221 Å². The van der Waals surface area contributed by atoms with Crippen molar-refractivity contribution in [2.24, 2.45) is 0 Å². The number of amides is 1. The van der Waals surface area contributed by atoms with Crippen LogP contribution in [0.1, 0.15) is 53.4 Å². The molecule has 0 aliphatic rings. The standard InChI is InChI=1S/C16H19N3O4.C11H14O5.C5H7N3.CH4/c1-10-7-18-15(8-17-10)19-16(21)12-4-13(20)6-14(5-12)23-11(2)9-22-3;1-7(6-15-2)16-10-4-8(11(13)14)3-9(12)5-10;1-4-2-8-5(6)3-7-4;/h4-8,11,20H,9H2,1-3H3,(H,18,19,21);3-5,7,12H,6H2,1-2H3,(H,13,14);2-3H,1H3,(H2,6,8);1H4/t11-;7-;;/m00../s1. The van der Waals surface area contributed by atoms with Crippen LogP contribution in [0, 0.1) is 13.8 Å². The van der Waals surface area contributed by atoms with Gasteiger partial charge in [-0.3, -0.25) is 14.8 Å². The van der Waals surface area contributed by atoms with Crippen molar-refractivity contribution in [3.63, 3.8) is 0 Å². The van der Waals surface area contributed by atoms with Gasteiger partial charge in [0.25, 0.3) is 5.91 Å². The van der Waals surface area contributed by atoms with Crippen LogP contribution in [0.5, 0.6) is 23.0 Å². The van der Waals surface area contributed by atoms with Crippen LogP contribution in [0.25, 0.3) is 0 Å². The lowest BCUT2D eigenvalue weighted by molar-refractivity contribution is 0.0693. The zero-order valence-electron chi connectivity index (χ0n) is 27.0. The number of rotatable bonds is 11. The van der Waals surface area contributed by atoms with Crippen molar-refractivity contribution >= 4 is 23.5 Å². The second-order valence-electron chi connectivity index (χ2n) is 10.1. The van der Waals surface area contributed by atoms with Crippen LogP contribution in [-0.4, -0.2) is 86.8 Å². The number of carbonyl (C=O) groups is 2. The maximum Gasteiger partial charge on any atom is 0.335 e. The van der Waals surface area contributed by atoms with E-state index < -0.39 is 11.9 Å². The lowest BCUT2D eigenvalue weighted by Gasteiger charge is -2.14. The molecule has 0 unspecified atom stereocenters. The number of nitrogens with zero attached hydrogens (tertiary/aromatic N) is 4. The minimum Gasteiger partial charge on any atom is -0.508 e. The largest absolute Gasteiger partial charge is 0.508 e. The summed E-state index contributed by atoms with van der Waals surface area (Å²) in [6.45, 7) is 8.07. The third-order valence-electron chi connectivity index (χ3n) is 5.59. The highest BCUT2D eigenvalue weighted by atomic mass is 16.5. The highest BCUT2D eigenvalue weighted by molar-refractivity contribution is 6.04. The summed E-state index contributed by atoms with van der Waals surface area (Å²) >= 11 is 0. The fourth-order valence-electron chi connectivity index (χ4n) is 3.61. The second kappa shape index (κ2) is 20.6. The Morgan fingerprint density at radius 1 is 0.750 bits per heavy atom. The molecule has 15 heteroatoms. The quantitative estimate of drug-likeness (QED) is 0.147. The van der Waals surface area contributed by atoms with E-state index in [0.717, 1.165) is 17.5 Å². The highest BCUT2D eigenvalue weighted by Gasteiger charge is 2.13. The van der Waals surface area contributed by atoms with Crippen molar-refractivity contribution in [1.29, 1.82) is 0 Å². The summed E-state index contributed by atoms with van der Waals surface area (Å²) in [7, 11) is 3.12. The number of aromatic nitrogens is 4. The fraction of sp³-hybridized carbons (Fsp3) is 0.333. The van der Waals surface area contributed by atoms with Crippen molar-refractivity contribution in [3.8, 4) is 23.0 Å². The Morgan fingerprint density at radius 2 is 1.23 bits per heavy atom. The molecular formula is C33H44N6O9. The van der Waals surface area contributed by atoms with E-state index in [1.807, 2.05) is 13.8 Å². The van der Waals surface area contributed by atoms with Gasteiger partial charge in [0.1, 0.15) is 41.0 Å². The number of carbonyl (C=O) groups excluding carboxylic acids is 1. The SMILES string of the molecule is C.COC[C@H](C)Oc1cc(O)cc(C(=O)Nc2cnc(C)cn2)c1.COC[C@H](C)Oc1cc(O)cc(C(=O)O)c1.Cc1cnc(N)cn1. The Labute approximate surface area is 279 Å². The van der Waals surface area contributed by atoms with Gasteiger partial charge in [0, 0.05) is 31.9 Å². The molecule has 4 aromatic rings. The van der Waals surface area contributed by atoms with Gasteiger partial charge in [-0.05, 0) is 52.0 Å². The molecule has 0 radical (unpaired) electrons. The first-order chi connectivity index (χ1) is 22.3. The minimum absolute atomic E-state index is 0. The van der Waals surface area contributed by atoms with Crippen molar-refractivity contribution in [1.82, 2.24) is 19.9 Å². The Morgan fingerprint density at radius 3 is 1.65 bits per heavy atom. The van der Waals surface area contributed by atoms with Crippen molar-refractivity contribution in [2.75, 3.05) is 38.5 Å². The van der Waals surface area contributed by atoms with Gasteiger partial charge >= 0.3 is 5.97 Å². The average Bonchev–Trinajstić information content (AvgIpc) is 3.00. The number of nitrogens with two attached hydrogens (primary N) is 1. The molecule has 0 spiro atoms. The van der Waals surface area contributed by atoms with Crippen molar-refractivity contribution in [2.45, 2.75) is 47.3 Å². The van der Waals surface area contributed by atoms with Gasteiger partial charge in [-0.1, -0.05) is 7.43 Å². The number of hydrogen-bond donors (Lipinski definition) is 5. The number of nitrogen functional groups attached to an aromatic ring is 1. The summed E-state index contributed by atoms with van der Waals surface area (Å²) in [4.78, 5) is 38.8. The van der Waals surface area contributed by atoms with E-state index in [9.17, 15) is 19.8 Å². The number of aromatic hydroxyl groups is 2. The molecule has 15 nitrogen and oxygen atoms in total. The zero-order chi connectivity index (χ0) is 34.9. The normalized spacial score (nSPS) is 11.2. The van der Waals surface area contributed by atoms with Gasteiger partial charge in [0.15, 0.2) is 5.82 Å². The number of hydrogen-bond acceptors (Lipinski definition) is 13. The molecular weight excluding hydrogens is 624 g/mol. The number of ether oxygens (including phenoxy) is 4. The van der Waals surface area contributed by atoms with Gasteiger partial charge in [-0.2, -0.15) is 0 Å². The first-order valence-electron chi connectivity index (χ1n) is 14.2. The van der Waals surface area contributed by atoms with Crippen molar-refractivity contribution in [3.05, 3.63) is 83.7 Å². The summed E-state index contributed by atoms with van der Waals surface area (Å²) in [6.07, 6.45) is 5.77. The van der Waals surface area contributed by atoms with Gasteiger partial charge < -0.3 is 45.3 Å². The van der Waals surface area contributed by atoms with E-state index in [2.05, 4.69) is 25.3 Å². The molecule has 0 saturated carbocycles. The molecule has 1 amide bonds. The van der Waals surface area contributed by atoms with Crippen LogP contribution in [0.4, 0.5) is 11.6 Å². The molecule has 0 saturated heterocycles. The number of anilines is 2. The predicted octanol–water partition coefficient (Wildman–Crippen LogP) is 4.66. The van der Waals surface area contributed by atoms with E-state index in [-0.39, 0.29) is 42.3 Å². The summed E-state index contributed by atoms with van der Waals surface area (Å²) in [5.74, 6) is -0.235. The third-order valence-corrected chi connectivity index (χ3v) is 5.59. The van der Waals surface area contributed by atoms with Crippen LogP contribution >= 0.6 is 0 Å². The van der Waals surface area contributed by atoms with Gasteiger partial charge in [0.2, 0.25) is 0 Å². The van der Waals surface area contributed by atoms with Crippen LogP contribution in [0.15, 0.2) is 61.2 Å². The molecule has 2 heterocycles. The van der Waals surface area contributed by atoms with E-state index in [1.54, 1.807) is 46.5 Å². The molecule has 6 N–H and O–H groups in total. The molecule has 2 atom stereocenters. The van der Waals surface area contributed by atoms with Gasteiger partial charge in [-0.25, -0.2) is 14.8 Å². The predicted molar refractivity (Wildman–Crippen MR) is 180 cm³/mol. The molecule has 0 aliphatic carbocycles. The third kappa shape index (κ3) is 15.2. The summed E-state index contributed by atoms with van der Waals surface area (Å²) in [6, 6.07) is 8.21. The van der Waals surface area contributed by atoms with E-state index >= 15 is 0 Å². The maximum absolute atomic E-state index is 12.2. The number of phenols is 2. The molecule has 0 fully saturated rings. The van der Waals surface area contributed by atoms with Crippen molar-refractivity contribution < 1.29 is 43.9 Å². The first kappa shape index (κ1) is 40.5. The molecule has 0 aliphatic heterocycles. The Bertz CT molecular complexity index is 1550. The molecule has 2 aromatic carbocycles. The number of methoxy groups -OCH3 is 2. The summed E-state index contributed by atoms with van der Waals surface area (Å²) < 4.78 is 20.8. The van der Waals surface area contributed by atoms with Crippen LogP contribution in [0.3, 0.4) is 0 Å². The molecule has 4 rings (SSSR count). The molecule has 0 bridgehead atoms. The number of carboxylic acid groups (broad SMARTS) is 1.